The van der Waals surface area contributed by atoms with Crippen molar-refractivity contribution in [2.24, 2.45) is 0 Å². The van der Waals surface area contributed by atoms with Crippen LogP contribution in [0.1, 0.15) is 26.3 Å². The van der Waals surface area contributed by atoms with Crippen LogP contribution in [0.5, 0.6) is 5.88 Å². The second kappa shape index (κ2) is 4.49. The van der Waals surface area contributed by atoms with Crippen molar-refractivity contribution in [1.29, 1.82) is 0 Å². The van der Waals surface area contributed by atoms with Gasteiger partial charge in [-0.1, -0.05) is 45.0 Å². The lowest BCUT2D eigenvalue weighted by atomic mass is 9.87. The number of benzene rings is 1. The van der Waals surface area contributed by atoms with Crippen LogP contribution in [0.15, 0.2) is 29.6 Å². The summed E-state index contributed by atoms with van der Waals surface area (Å²) in [5.74, 6) is 0.685. The monoisotopic (exact) mass is 247 g/mol. The number of methoxy groups -OCH3 is 1. The van der Waals surface area contributed by atoms with Crippen molar-refractivity contribution >= 4 is 11.3 Å². The molecule has 1 heterocycles. The average molecular weight is 247 g/mol. The second-order valence-electron chi connectivity index (χ2n) is 5.02. The van der Waals surface area contributed by atoms with Crippen molar-refractivity contribution in [3.05, 3.63) is 35.2 Å². The molecule has 0 fully saturated rings. The Morgan fingerprint density at radius 1 is 1.12 bits per heavy atom. The van der Waals surface area contributed by atoms with Gasteiger partial charge in [0.15, 0.2) is 0 Å². The molecule has 2 aromatic rings. The quantitative estimate of drug-likeness (QED) is 0.796. The number of hydrogen-bond donors (Lipinski definition) is 0. The van der Waals surface area contributed by atoms with E-state index >= 15 is 0 Å². The first-order valence-electron chi connectivity index (χ1n) is 5.61. The molecule has 2 rings (SSSR count). The molecule has 0 radical (unpaired) electrons. The van der Waals surface area contributed by atoms with Gasteiger partial charge in [-0.25, -0.2) is 4.98 Å². The minimum Gasteiger partial charge on any atom is -0.480 e. The Bertz CT molecular complexity index is 494. The standard InChI is InChI=1S/C14H17NOS/c1-14(2,3)11-7-5-10(6-8-11)13-15-12(16-4)9-17-13/h5-9H,1-4H3. The molecular formula is C14H17NOS. The summed E-state index contributed by atoms with van der Waals surface area (Å²) in [5.41, 5.74) is 2.68. The molecule has 0 amide bonds. The Kier molecular flexibility index (Phi) is 3.20. The Hall–Kier alpha value is -1.35. The van der Waals surface area contributed by atoms with Gasteiger partial charge in [-0.3, -0.25) is 0 Å². The molecule has 0 bridgehead atoms. The van der Waals surface area contributed by atoms with Crippen LogP contribution in [0.3, 0.4) is 0 Å². The minimum absolute atomic E-state index is 0.194. The highest BCUT2D eigenvalue weighted by atomic mass is 32.1. The van der Waals surface area contributed by atoms with Gasteiger partial charge in [0.05, 0.1) is 12.5 Å². The molecule has 0 unspecified atom stereocenters. The number of thiazole rings is 1. The Balaban J connectivity index is 2.29. The zero-order valence-electron chi connectivity index (χ0n) is 10.7. The van der Waals surface area contributed by atoms with Gasteiger partial charge in [0, 0.05) is 5.56 Å². The minimum atomic E-state index is 0.194. The fraction of sp³-hybridized carbons (Fsp3) is 0.357. The summed E-state index contributed by atoms with van der Waals surface area (Å²) in [7, 11) is 1.64. The van der Waals surface area contributed by atoms with Crippen LogP contribution < -0.4 is 4.74 Å². The van der Waals surface area contributed by atoms with Crippen molar-refractivity contribution in [2.75, 3.05) is 7.11 Å². The predicted octanol–water partition coefficient (Wildman–Crippen LogP) is 4.12. The van der Waals surface area contributed by atoms with E-state index in [1.807, 2.05) is 5.38 Å². The summed E-state index contributed by atoms with van der Waals surface area (Å²) in [6.45, 7) is 6.65. The maximum Gasteiger partial charge on any atom is 0.224 e. The first-order chi connectivity index (χ1) is 8.00. The lowest BCUT2D eigenvalue weighted by Gasteiger charge is -2.18. The highest BCUT2D eigenvalue weighted by Crippen LogP contribution is 2.29. The molecule has 0 aliphatic rings. The summed E-state index contributed by atoms with van der Waals surface area (Å²) in [5, 5.41) is 2.93. The maximum absolute atomic E-state index is 5.09. The average Bonchev–Trinajstić information content (AvgIpc) is 2.76. The maximum atomic E-state index is 5.09. The van der Waals surface area contributed by atoms with Crippen molar-refractivity contribution in [3.8, 4) is 16.5 Å². The van der Waals surface area contributed by atoms with Crippen LogP contribution in [-0.2, 0) is 5.41 Å². The third kappa shape index (κ3) is 2.67. The van der Waals surface area contributed by atoms with Gasteiger partial charge >= 0.3 is 0 Å². The number of ether oxygens (including phenoxy) is 1. The van der Waals surface area contributed by atoms with Gasteiger partial charge in [-0.05, 0) is 11.0 Å². The molecule has 0 saturated carbocycles. The molecule has 0 N–H and O–H groups in total. The third-order valence-electron chi connectivity index (χ3n) is 2.69. The highest BCUT2D eigenvalue weighted by molar-refractivity contribution is 7.13. The fourth-order valence-electron chi connectivity index (χ4n) is 1.60. The Morgan fingerprint density at radius 3 is 2.24 bits per heavy atom. The molecule has 0 saturated heterocycles. The lowest BCUT2D eigenvalue weighted by Crippen LogP contribution is -2.10. The number of aromatic nitrogens is 1. The smallest absolute Gasteiger partial charge is 0.224 e. The molecular weight excluding hydrogens is 230 g/mol. The van der Waals surface area contributed by atoms with E-state index in [2.05, 4.69) is 50.0 Å². The molecule has 0 atom stereocenters. The number of hydrogen-bond acceptors (Lipinski definition) is 3. The van der Waals surface area contributed by atoms with Gasteiger partial charge in [-0.2, -0.15) is 0 Å². The van der Waals surface area contributed by atoms with E-state index in [4.69, 9.17) is 4.74 Å². The van der Waals surface area contributed by atoms with Crippen molar-refractivity contribution in [1.82, 2.24) is 4.98 Å². The molecule has 2 nitrogen and oxygen atoms in total. The lowest BCUT2D eigenvalue weighted by molar-refractivity contribution is 0.401. The first kappa shape index (κ1) is 12.1. The van der Waals surface area contributed by atoms with Crippen LogP contribution in [-0.4, -0.2) is 12.1 Å². The van der Waals surface area contributed by atoms with Gasteiger partial charge in [0.1, 0.15) is 5.01 Å². The summed E-state index contributed by atoms with van der Waals surface area (Å²) in [4.78, 5) is 4.39. The predicted molar refractivity (Wildman–Crippen MR) is 72.8 cm³/mol. The third-order valence-corrected chi connectivity index (χ3v) is 3.56. The van der Waals surface area contributed by atoms with Crippen LogP contribution in [0, 0.1) is 0 Å². The largest absolute Gasteiger partial charge is 0.480 e. The zero-order chi connectivity index (χ0) is 12.5. The first-order valence-corrected chi connectivity index (χ1v) is 6.49. The molecule has 0 spiro atoms. The summed E-state index contributed by atoms with van der Waals surface area (Å²) in [6.07, 6.45) is 0. The van der Waals surface area contributed by atoms with Gasteiger partial charge in [0.25, 0.3) is 0 Å². The van der Waals surface area contributed by atoms with Gasteiger partial charge in [-0.15, -0.1) is 11.3 Å². The Labute approximate surface area is 106 Å². The summed E-state index contributed by atoms with van der Waals surface area (Å²) < 4.78 is 5.09. The second-order valence-corrected chi connectivity index (χ2v) is 5.88. The van der Waals surface area contributed by atoms with E-state index in [9.17, 15) is 0 Å². The fourth-order valence-corrected chi connectivity index (χ4v) is 2.37. The van der Waals surface area contributed by atoms with Crippen molar-refractivity contribution in [2.45, 2.75) is 26.2 Å². The van der Waals surface area contributed by atoms with E-state index in [-0.39, 0.29) is 5.41 Å². The van der Waals surface area contributed by atoms with E-state index in [0.29, 0.717) is 5.88 Å². The number of rotatable bonds is 2. The molecule has 0 aliphatic carbocycles. The Morgan fingerprint density at radius 2 is 1.76 bits per heavy atom. The van der Waals surface area contributed by atoms with E-state index in [0.717, 1.165) is 10.6 Å². The summed E-state index contributed by atoms with van der Waals surface area (Å²) in [6, 6.07) is 8.59. The molecule has 90 valence electrons. The van der Waals surface area contributed by atoms with E-state index < -0.39 is 0 Å². The van der Waals surface area contributed by atoms with Crippen LogP contribution in [0.25, 0.3) is 10.6 Å². The SMILES string of the molecule is COc1csc(-c2ccc(C(C)(C)C)cc2)n1. The topological polar surface area (TPSA) is 22.1 Å². The zero-order valence-corrected chi connectivity index (χ0v) is 11.5. The van der Waals surface area contributed by atoms with Crippen LogP contribution in [0.2, 0.25) is 0 Å². The van der Waals surface area contributed by atoms with Gasteiger partial charge < -0.3 is 4.74 Å². The summed E-state index contributed by atoms with van der Waals surface area (Å²) >= 11 is 1.60. The van der Waals surface area contributed by atoms with Crippen molar-refractivity contribution < 1.29 is 4.74 Å². The normalized spacial score (nSPS) is 11.5. The molecule has 1 aromatic heterocycles. The van der Waals surface area contributed by atoms with E-state index in [1.54, 1.807) is 18.4 Å². The van der Waals surface area contributed by atoms with Gasteiger partial charge in [0.2, 0.25) is 5.88 Å². The molecule has 0 aliphatic heterocycles. The molecule has 3 heteroatoms. The van der Waals surface area contributed by atoms with Crippen molar-refractivity contribution in [3.63, 3.8) is 0 Å². The molecule has 1 aromatic carbocycles. The highest BCUT2D eigenvalue weighted by Gasteiger charge is 2.13. The van der Waals surface area contributed by atoms with Crippen LogP contribution >= 0.6 is 11.3 Å². The van der Waals surface area contributed by atoms with Crippen LogP contribution in [0.4, 0.5) is 0 Å². The molecule has 17 heavy (non-hydrogen) atoms. The van der Waals surface area contributed by atoms with E-state index in [1.165, 1.54) is 5.56 Å². The number of nitrogens with zero attached hydrogens (tertiary/aromatic N) is 1.